The molecule has 0 bridgehead atoms. The molecular formula is C34H33N7O3. The van der Waals surface area contributed by atoms with Gasteiger partial charge in [-0.15, -0.1) is 0 Å². The third-order valence-corrected chi connectivity index (χ3v) is 8.23. The fourth-order valence-electron chi connectivity index (χ4n) is 5.57. The van der Waals surface area contributed by atoms with Crippen LogP contribution in [0.5, 0.6) is 0 Å². The Morgan fingerprint density at radius 1 is 1.07 bits per heavy atom. The van der Waals surface area contributed by atoms with Crippen LogP contribution >= 0.6 is 0 Å². The monoisotopic (exact) mass is 587 g/mol. The van der Waals surface area contributed by atoms with Gasteiger partial charge in [0, 0.05) is 19.3 Å². The molecule has 1 fully saturated rings. The minimum Gasteiger partial charge on any atom is -0.445 e. The van der Waals surface area contributed by atoms with Crippen LogP contribution in [0.15, 0.2) is 85.3 Å². The van der Waals surface area contributed by atoms with Crippen molar-refractivity contribution in [3.63, 3.8) is 0 Å². The van der Waals surface area contributed by atoms with Crippen molar-refractivity contribution in [2.75, 3.05) is 18.4 Å². The smallest absolute Gasteiger partial charge is 0.410 e. The molecule has 3 aromatic heterocycles. The number of carbonyl (C=O) groups excluding carboxylic acids is 1. The average Bonchev–Trinajstić information content (AvgIpc) is 3.50. The number of hydrogen-bond donors (Lipinski definition) is 2. The van der Waals surface area contributed by atoms with Crippen LogP contribution < -0.4 is 5.32 Å². The lowest BCUT2D eigenvalue weighted by molar-refractivity contribution is -0.0255. The Morgan fingerprint density at radius 2 is 1.82 bits per heavy atom. The van der Waals surface area contributed by atoms with E-state index in [0.717, 1.165) is 27.9 Å². The zero-order valence-electron chi connectivity index (χ0n) is 24.6. The molecule has 5 aromatic rings. The summed E-state index contributed by atoms with van der Waals surface area (Å²) in [5.41, 5.74) is 5.12. The molecule has 10 heteroatoms. The lowest BCUT2D eigenvalue weighted by atomic mass is 9.84. The van der Waals surface area contributed by atoms with Crippen LogP contribution in [0, 0.1) is 18.3 Å². The van der Waals surface area contributed by atoms with E-state index in [0.29, 0.717) is 48.8 Å². The number of anilines is 1. The second-order valence-electron chi connectivity index (χ2n) is 11.1. The number of nitrogens with one attached hydrogen (secondary N) is 1. The molecule has 1 aliphatic rings. The van der Waals surface area contributed by atoms with E-state index in [1.54, 1.807) is 11.1 Å². The standard InChI is InChI=1S/C34H33N7O3/c1-23-7-6-16-41-29(21-36-31(23)41)30-27(19-35)20-37-32(39-30)38-24(2)26-10-12-28(13-11-26)34(43)14-17-40(18-15-34)33(42)44-22-25-8-4-3-5-9-25/h3-13,16,20-21,24,43H,14-15,17-18,22H2,1-2H3,(H,37,38,39)/t24-/m0/s1. The number of likely N-dealkylation sites (tertiary alicyclic amines) is 1. The van der Waals surface area contributed by atoms with E-state index in [1.165, 1.54) is 6.20 Å². The van der Waals surface area contributed by atoms with Gasteiger partial charge < -0.3 is 20.1 Å². The van der Waals surface area contributed by atoms with Crippen molar-refractivity contribution >= 4 is 17.7 Å². The van der Waals surface area contributed by atoms with Gasteiger partial charge in [0.1, 0.15) is 24.0 Å². The summed E-state index contributed by atoms with van der Waals surface area (Å²) in [6, 6.07) is 23.4. The Balaban J connectivity index is 1.10. The van der Waals surface area contributed by atoms with Crippen LogP contribution in [0.4, 0.5) is 10.7 Å². The first kappa shape index (κ1) is 28.8. The molecule has 0 saturated carbocycles. The summed E-state index contributed by atoms with van der Waals surface area (Å²) in [5, 5.41) is 24.5. The number of fused-ring (bicyclic) bond motifs is 1. The molecule has 1 atom stereocenters. The molecule has 6 rings (SSSR count). The summed E-state index contributed by atoms with van der Waals surface area (Å²) in [6.07, 6.45) is 5.63. The van der Waals surface area contributed by atoms with Crippen LogP contribution in [0.2, 0.25) is 0 Å². The van der Waals surface area contributed by atoms with Crippen LogP contribution in [0.3, 0.4) is 0 Å². The predicted molar refractivity (Wildman–Crippen MR) is 165 cm³/mol. The van der Waals surface area contributed by atoms with E-state index < -0.39 is 5.60 Å². The van der Waals surface area contributed by atoms with Gasteiger partial charge in [-0.05, 0) is 55.0 Å². The quantitative estimate of drug-likeness (QED) is 0.246. The molecule has 1 saturated heterocycles. The molecule has 0 aliphatic carbocycles. The number of rotatable bonds is 7. The molecule has 10 nitrogen and oxygen atoms in total. The zero-order chi connectivity index (χ0) is 30.7. The predicted octanol–water partition coefficient (Wildman–Crippen LogP) is 5.76. The van der Waals surface area contributed by atoms with Crippen molar-refractivity contribution < 1.29 is 14.6 Å². The maximum atomic E-state index is 12.6. The third-order valence-electron chi connectivity index (χ3n) is 8.23. The number of amides is 1. The van der Waals surface area contributed by atoms with Crippen molar-refractivity contribution in [2.45, 2.75) is 44.9 Å². The average molecular weight is 588 g/mol. The van der Waals surface area contributed by atoms with Gasteiger partial charge in [0.05, 0.1) is 35.3 Å². The number of aliphatic hydroxyl groups is 1. The van der Waals surface area contributed by atoms with Crippen molar-refractivity contribution in [3.05, 3.63) is 113 Å². The second kappa shape index (κ2) is 12.1. The SMILES string of the molecule is Cc1cccn2c(-c3nc(N[C@@H](C)c4ccc(C5(O)CCN(C(=O)OCc6ccccc6)CC5)cc4)ncc3C#N)cnc12. The summed E-state index contributed by atoms with van der Waals surface area (Å²) in [4.78, 5) is 27.8. The number of ether oxygens (including phenoxy) is 1. The molecular weight excluding hydrogens is 554 g/mol. The molecule has 1 amide bonds. The van der Waals surface area contributed by atoms with Gasteiger partial charge in [0.25, 0.3) is 0 Å². The summed E-state index contributed by atoms with van der Waals surface area (Å²) < 4.78 is 7.39. The van der Waals surface area contributed by atoms with Crippen molar-refractivity contribution in [2.24, 2.45) is 0 Å². The minimum atomic E-state index is -1.02. The van der Waals surface area contributed by atoms with Gasteiger partial charge in [-0.3, -0.25) is 4.40 Å². The van der Waals surface area contributed by atoms with Gasteiger partial charge in [-0.1, -0.05) is 60.7 Å². The summed E-state index contributed by atoms with van der Waals surface area (Å²) in [6.45, 7) is 5.04. The van der Waals surface area contributed by atoms with Crippen LogP contribution in [-0.4, -0.2) is 48.5 Å². The maximum absolute atomic E-state index is 12.6. The topological polar surface area (TPSA) is 129 Å². The Labute approximate surface area is 255 Å². The Hall–Kier alpha value is -5.27. The van der Waals surface area contributed by atoms with E-state index in [-0.39, 0.29) is 18.7 Å². The number of aryl methyl sites for hydroxylation is 1. The van der Waals surface area contributed by atoms with Crippen LogP contribution in [-0.2, 0) is 16.9 Å². The number of benzene rings is 2. The van der Waals surface area contributed by atoms with Gasteiger partial charge >= 0.3 is 6.09 Å². The van der Waals surface area contributed by atoms with E-state index in [4.69, 9.17) is 9.72 Å². The first-order chi connectivity index (χ1) is 21.3. The number of hydrogen-bond acceptors (Lipinski definition) is 8. The summed E-state index contributed by atoms with van der Waals surface area (Å²) in [5.74, 6) is 0.392. The third kappa shape index (κ3) is 5.82. The van der Waals surface area contributed by atoms with Crippen LogP contribution in [0.1, 0.15) is 53.6 Å². The molecule has 0 spiro atoms. The zero-order valence-corrected chi connectivity index (χ0v) is 24.6. The fraction of sp³-hybridized carbons (Fsp3) is 0.265. The van der Waals surface area contributed by atoms with Gasteiger partial charge in [0.15, 0.2) is 0 Å². The number of nitrogens with zero attached hydrogens (tertiary/aromatic N) is 6. The Kier molecular flexibility index (Phi) is 7.96. The number of carbonyl (C=O) groups is 1. The maximum Gasteiger partial charge on any atom is 0.410 e. The van der Waals surface area contributed by atoms with Gasteiger partial charge in [0.2, 0.25) is 5.95 Å². The molecule has 222 valence electrons. The fourth-order valence-corrected chi connectivity index (χ4v) is 5.57. The Morgan fingerprint density at radius 3 is 2.55 bits per heavy atom. The molecule has 4 heterocycles. The number of nitriles is 1. The Bertz CT molecular complexity index is 1820. The normalized spacial score (nSPS) is 15.0. The molecule has 2 aromatic carbocycles. The molecule has 2 N–H and O–H groups in total. The van der Waals surface area contributed by atoms with Gasteiger partial charge in [-0.2, -0.15) is 5.26 Å². The molecule has 0 radical (unpaired) electrons. The van der Waals surface area contributed by atoms with Crippen molar-refractivity contribution in [3.8, 4) is 17.5 Å². The van der Waals surface area contributed by atoms with Crippen molar-refractivity contribution in [1.29, 1.82) is 5.26 Å². The highest BCUT2D eigenvalue weighted by Gasteiger charge is 2.36. The highest BCUT2D eigenvalue weighted by molar-refractivity contribution is 5.68. The lowest BCUT2D eigenvalue weighted by Crippen LogP contribution is -2.45. The number of aromatic nitrogens is 4. The number of piperidine rings is 1. The second-order valence-corrected chi connectivity index (χ2v) is 11.1. The number of imidazole rings is 1. The largest absolute Gasteiger partial charge is 0.445 e. The highest BCUT2D eigenvalue weighted by atomic mass is 16.6. The minimum absolute atomic E-state index is 0.148. The molecule has 1 aliphatic heterocycles. The lowest BCUT2D eigenvalue weighted by Gasteiger charge is -2.38. The molecule has 0 unspecified atom stereocenters. The van der Waals surface area contributed by atoms with Gasteiger partial charge in [-0.25, -0.2) is 19.7 Å². The van der Waals surface area contributed by atoms with E-state index in [1.807, 2.05) is 91.2 Å². The first-order valence-electron chi connectivity index (χ1n) is 14.6. The summed E-state index contributed by atoms with van der Waals surface area (Å²) >= 11 is 0. The molecule has 44 heavy (non-hydrogen) atoms. The highest BCUT2D eigenvalue weighted by Crippen LogP contribution is 2.34. The van der Waals surface area contributed by atoms with E-state index in [9.17, 15) is 15.2 Å². The van der Waals surface area contributed by atoms with Crippen molar-refractivity contribution in [1.82, 2.24) is 24.3 Å². The van der Waals surface area contributed by atoms with E-state index >= 15 is 0 Å². The van der Waals surface area contributed by atoms with Crippen LogP contribution in [0.25, 0.3) is 17.0 Å². The first-order valence-corrected chi connectivity index (χ1v) is 14.6. The summed E-state index contributed by atoms with van der Waals surface area (Å²) in [7, 11) is 0. The van der Waals surface area contributed by atoms with E-state index in [2.05, 4.69) is 21.4 Å². The number of pyridine rings is 1.